The maximum Gasteiger partial charge on any atom is 0.216 e. The number of nitrogens with one attached hydrogen (secondary N) is 2. The number of fused-ring (bicyclic) bond motifs is 1. The number of hydrogen-bond donors (Lipinski definition) is 2. The Balaban J connectivity index is 1.29. The molecule has 0 bridgehead atoms. The van der Waals surface area contributed by atoms with Crippen molar-refractivity contribution < 1.29 is 8.42 Å². The average molecular weight is 440 g/mol. The van der Waals surface area contributed by atoms with E-state index in [1.54, 1.807) is 20.8 Å². The summed E-state index contributed by atoms with van der Waals surface area (Å²) >= 11 is 0. The van der Waals surface area contributed by atoms with Crippen LogP contribution in [0.5, 0.6) is 0 Å². The van der Waals surface area contributed by atoms with Gasteiger partial charge in [-0.25, -0.2) is 13.1 Å². The number of hydrogen-bond acceptors (Lipinski definition) is 3. The van der Waals surface area contributed by atoms with Crippen molar-refractivity contribution in [3.8, 4) is 5.69 Å². The minimum absolute atomic E-state index is 0.0659. The quantitative estimate of drug-likeness (QED) is 0.546. The van der Waals surface area contributed by atoms with Crippen LogP contribution in [0.2, 0.25) is 0 Å². The molecule has 2 N–H and O–H groups in total. The predicted octanol–water partition coefficient (Wildman–Crippen LogP) is 5.32. The number of rotatable bonds is 6. The minimum atomic E-state index is -3.27. The zero-order chi connectivity index (χ0) is 22.1. The number of aromatic nitrogens is 1. The Labute approximate surface area is 185 Å². The minimum Gasteiger partial charge on any atom is -0.385 e. The largest absolute Gasteiger partial charge is 0.385 e. The Morgan fingerprint density at radius 2 is 1.61 bits per heavy atom. The van der Waals surface area contributed by atoms with Crippen molar-refractivity contribution in [2.75, 3.05) is 11.9 Å². The molecule has 1 aliphatic rings. The third-order valence-electron chi connectivity index (χ3n) is 6.31. The van der Waals surface area contributed by atoms with E-state index in [0.717, 1.165) is 43.6 Å². The van der Waals surface area contributed by atoms with Gasteiger partial charge >= 0.3 is 0 Å². The fourth-order valence-electron chi connectivity index (χ4n) is 4.19. The molecule has 6 heteroatoms. The molecule has 1 fully saturated rings. The second kappa shape index (κ2) is 8.67. The van der Waals surface area contributed by atoms with Gasteiger partial charge in [0.2, 0.25) is 10.0 Å². The molecule has 2 aromatic carbocycles. The van der Waals surface area contributed by atoms with E-state index in [9.17, 15) is 8.42 Å². The molecule has 31 heavy (non-hydrogen) atoms. The van der Waals surface area contributed by atoms with Crippen LogP contribution in [0.15, 0.2) is 60.8 Å². The van der Waals surface area contributed by atoms with Gasteiger partial charge in [-0.2, -0.15) is 0 Å². The Kier molecular flexibility index (Phi) is 6.13. The maximum atomic E-state index is 12.4. The van der Waals surface area contributed by atoms with Crippen molar-refractivity contribution in [1.29, 1.82) is 0 Å². The highest BCUT2D eigenvalue weighted by Crippen LogP contribution is 2.27. The van der Waals surface area contributed by atoms with Crippen LogP contribution >= 0.6 is 0 Å². The summed E-state index contributed by atoms with van der Waals surface area (Å²) in [6, 6.07) is 19.2. The fourth-order valence-corrected chi connectivity index (χ4v) is 5.22. The van der Waals surface area contributed by atoms with Gasteiger partial charge in [0.05, 0.1) is 10.3 Å². The first-order chi connectivity index (χ1) is 14.7. The summed E-state index contributed by atoms with van der Waals surface area (Å²) in [6.45, 7) is 6.16. The highest BCUT2D eigenvalue weighted by Gasteiger charge is 2.32. The molecule has 1 aromatic heterocycles. The van der Waals surface area contributed by atoms with Crippen LogP contribution < -0.4 is 10.0 Å². The van der Waals surface area contributed by atoms with E-state index in [1.807, 2.05) is 0 Å². The van der Waals surface area contributed by atoms with Gasteiger partial charge in [-0.15, -0.1) is 0 Å². The summed E-state index contributed by atoms with van der Waals surface area (Å²) in [7, 11) is -3.27. The number of anilines is 1. The number of nitrogens with zero attached hydrogens (tertiary/aromatic N) is 1. The summed E-state index contributed by atoms with van der Waals surface area (Å²) < 4.78 is 29.1. The predicted molar refractivity (Wildman–Crippen MR) is 129 cm³/mol. The van der Waals surface area contributed by atoms with Crippen molar-refractivity contribution in [1.82, 2.24) is 9.29 Å². The molecule has 1 heterocycles. The molecule has 0 radical (unpaired) electrons. The maximum absolute atomic E-state index is 12.4. The normalized spacial score (nSPS) is 20.1. The number of para-hydroxylation sites is 1. The highest BCUT2D eigenvalue weighted by atomic mass is 32.2. The molecule has 4 rings (SSSR count). The van der Waals surface area contributed by atoms with Gasteiger partial charge in [0.25, 0.3) is 0 Å². The molecule has 0 amide bonds. The van der Waals surface area contributed by atoms with Crippen LogP contribution in [0.1, 0.15) is 46.5 Å². The monoisotopic (exact) mass is 439 g/mol. The zero-order valence-corrected chi connectivity index (χ0v) is 19.5. The SMILES string of the molecule is CC(C)(C)S(=O)(=O)N[C@H]1CC[C@H](CNc2ccc(-n3ccc4ccccc43)cc2)CC1. The summed E-state index contributed by atoms with van der Waals surface area (Å²) in [5.74, 6) is 0.573. The lowest BCUT2D eigenvalue weighted by Crippen LogP contribution is -2.46. The van der Waals surface area contributed by atoms with E-state index in [2.05, 4.69) is 75.4 Å². The van der Waals surface area contributed by atoms with Crippen LogP contribution in [0.4, 0.5) is 5.69 Å². The van der Waals surface area contributed by atoms with Crippen LogP contribution in [0.3, 0.4) is 0 Å². The average Bonchev–Trinajstić information content (AvgIpc) is 3.17. The second-order valence-corrected chi connectivity index (χ2v) is 12.1. The topological polar surface area (TPSA) is 63.1 Å². The van der Waals surface area contributed by atoms with Crippen molar-refractivity contribution in [2.24, 2.45) is 5.92 Å². The van der Waals surface area contributed by atoms with Gasteiger partial charge in [-0.3, -0.25) is 0 Å². The summed E-state index contributed by atoms with van der Waals surface area (Å²) in [4.78, 5) is 0. The summed E-state index contributed by atoms with van der Waals surface area (Å²) in [6.07, 6.45) is 6.00. The van der Waals surface area contributed by atoms with E-state index >= 15 is 0 Å². The Hall–Kier alpha value is -2.31. The van der Waals surface area contributed by atoms with Crippen LogP contribution in [-0.4, -0.2) is 30.3 Å². The van der Waals surface area contributed by atoms with Crippen molar-refractivity contribution in [3.05, 3.63) is 60.8 Å². The third kappa shape index (κ3) is 4.96. The molecule has 0 unspecified atom stereocenters. The first kappa shape index (κ1) is 21.9. The van der Waals surface area contributed by atoms with Crippen LogP contribution in [0, 0.1) is 5.92 Å². The molecule has 166 valence electrons. The van der Waals surface area contributed by atoms with E-state index < -0.39 is 14.8 Å². The van der Waals surface area contributed by atoms with Gasteiger partial charge < -0.3 is 9.88 Å². The molecule has 0 atom stereocenters. The Morgan fingerprint density at radius 3 is 2.29 bits per heavy atom. The van der Waals surface area contributed by atoms with Crippen molar-refractivity contribution >= 4 is 26.6 Å². The summed E-state index contributed by atoms with van der Waals surface area (Å²) in [5.41, 5.74) is 3.48. The van der Waals surface area contributed by atoms with Gasteiger partial charge in [-0.05, 0) is 94.2 Å². The van der Waals surface area contributed by atoms with E-state index in [0.29, 0.717) is 5.92 Å². The highest BCUT2D eigenvalue weighted by molar-refractivity contribution is 7.90. The molecule has 0 saturated heterocycles. The molecule has 0 spiro atoms. The van der Waals surface area contributed by atoms with Crippen molar-refractivity contribution in [2.45, 2.75) is 57.2 Å². The smallest absolute Gasteiger partial charge is 0.216 e. The van der Waals surface area contributed by atoms with Gasteiger partial charge in [-0.1, -0.05) is 18.2 Å². The van der Waals surface area contributed by atoms with Gasteiger partial charge in [0.1, 0.15) is 0 Å². The van der Waals surface area contributed by atoms with E-state index in [1.165, 1.54) is 10.9 Å². The molecule has 5 nitrogen and oxygen atoms in total. The fraction of sp³-hybridized carbons (Fsp3) is 0.440. The molecule has 1 saturated carbocycles. The second-order valence-electron chi connectivity index (χ2n) is 9.62. The molecular weight excluding hydrogens is 406 g/mol. The lowest BCUT2D eigenvalue weighted by atomic mass is 9.86. The Bertz CT molecular complexity index is 1120. The van der Waals surface area contributed by atoms with Crippen LogP contribution in [0.25, 0.3) is 16.6 Å². The third-order valence-corrected chi connectivity index (χ3v) is 8.57. The molecule has 3 aromatic rings. The van der Waals surface area contributed by atoms with E-state index in [-0.39, 0.29) is 6.04 Å². The number of sulfonamides is 1. The first-order valence-electron chi connectivity index (χ1n) is 11.2. The van der Waals surface area contributed by atoms with Gasteiger partial charge in [0, 0.05) is 30.2 Å². The van der Waals surface area contributed by atoms with E-state index in [4.69, 9.17) is 0 Å². The number of benzene rings is 2. The van der Waals surface area contributed by atoms with Gasteiger partial charge in [0.15, 0.2) is 0 Å². The zero-order valence-electron chi connectivity index (χ0n) is 18.6. The lowest BCUT2D eigenvalue weighted by molar-refractivity contribution is 0.322. The molecular formula is C25H33N3O2S. The summed E-state index contributed by atoms with van der Waals surface area (Å²) in [5, 5.41) is 4.80. The van der Waals surface area contributed by atoms with Crippen molar-refractivity contribution in [3.63, 3.8) is 0 Å². The lowest BCUT2D eigenvalue weighted by Gasteiger charge is -2.31. The molecule has 0 aliphatic heterocycles. The Morgan fingerprint density at radius 1 is 0.935 bits per heavy atom. The first-order valence-corrected chi connectivity index (χ1v) is 12.6. The van der Waals surface area contributed by atoms with Crippen LogP contribution in [-0.2, 0) is 10.0 Å². The molecule has 1 aliphatic carbocycles. The standard InChI is InChI=1S/C25H33N3O2S/c1-25(2,3)31(29,30)27-22-10-8-19(9-11-22)18-26-21-12-14-23(15-13-21)28-17-16-20-6-4-5-7-24(20)28/h4-7,12-17,19,22,26-27H,8-11,18H2,1-3H3/t19-,22-.